The Balaban J connectivity index is 0.000000138. The number of nitrogens with zero attached hydrogens (tertiary/aromatic N) is 11. The van der Waals surface area contributed by atoms with Crippen molar-refractivity contribution < 1.29 is 72.7 Å². The number of aryl methyl sites for hydroxylation is 9. The van der Waals surface area contributed by atoms with E-state index in [0.717, 1.165) is 119 Å². The molecule has 0 unspecified atom stereocenters. The monoisotopic (exact) mass is 2430 g/mol. The molecule has 0 saturated heterocycles. The normalized spacial score (nSPS) is 12.0. The Morgan fingerprint density at radius 2 is 0.671 bits per heavy atom. The van der Waals surface area contributed by atoms with Gasteiger partial charge in [0, 0.05) is 94.6 Å². The Kier molecular flexibility index (Phi) is 29.3. The van der Waals surface area contributed by atoms with Crippen LogP contribution in [0.1, 0.15) is 101 Å². The first-order valence-corrected chi connectivity index (χ1v) is 49.0. The third kappa shape index (κ3) is 19.1. The molecule has 0 N–H and O–H groups in total. The largest absolute Gasteiger partial charge is 2.00 e. The number of benzene rings is 14. The first-order chi connectivity index (χ1) is 69.8. The third-order valence-corrected chi connectivity index (χ3v) is 27.7. The van der Waals surface area contributed by atoms with Gasteiger partial charge in [-0.05, 0) is 181 Å². The zero-order valence-electron chi connectivity index (χ0n) is 83.3. The maximum Gasteiger partial charge on any atom is 2.00 e. The SMILES string of the molecule is Cc1cc(C)c(B2c3ccc(-c4ccccn4)[c-]c3N(c3[c-]c4c(cc3)c3ccccc3n4-c3ccccn3)c3ccccc32)c(C)c1.Cc1cc(C)c(B2c3ccc(Oc4[c-]c(-c5ccccn5)ccc4)[c-]c3N(c3ccccn3)c3ccccc32)c(C)c1.Cc1cc(C)c(B2c3ccc(Oc4[c-]c(-c5nccn5-c5c(C(C)C)cccc5C(C)C)ccc4)[c-]c3N(c3ccccn3)c3ccccc32)c(C)c1.[Pt+2].[Pt+2].[Pt+2]. The van der Waals surface area contributed by atoms with Crippen LogP contribution in [-0.4, -0.2) is 59.2 Å². The van der Waals surface area contributed by atoms with Gasteiger partial charge in [-0.3, -0.25) is 4.98 Å². The van der Waals surface area contributed by atoms with E-state index in [9.17, 15) is 0 Å². The molecule has 0 fully saturated rings. The molecule has 0 radical (unpaired) electrons. The molecule has 10 heterocycles. The number of para-hydroxylation sites is 5. The van der Waals surface area contributed by atoms with Gasteiger partial charge in [-0.2, -0.15) is 18.2 Å². The van der Waals surface area contributed by atoms with E-state index in [-0.39, 0.29) is 83.3 Å². The van der Waals surface area contributed by atoms with E-state index in [1.54, 1.807) is 6.20 Å². The minimum atomic E-state index is 0. The van der Waals surface area contributed by atoms with Gasteiger partial charge in [0.25, 0.3) is 0 Å². The summed E-state index contributed by atoms with van der Waals surface area (Å²) in [4.78, 5) is 35.1. The molecule has 13 nitrogen and oxygen atoms in total. The second-order valence-corrected chi connectivity index (χ2v) is 38.1. The van der Waals surface area contributed by atoms with Crippen molar-refractivity contribution in [3.05, 3.63) is 469 Å². The quantitative estimate of drug-likeness (QED) is 0.0641. The standard InChI is InChI=1S/C47H43BN4O.C43H31BN4.C37H28BN3O.3Pt/c1-30(2)38-16-13-17-39(31(3)4)46(38)51-25-24-50-47(51)35-14-12-15-36(28-35)53-37-21-22-41-43(29-37)52(44-20-10-11-23-49-44)42-19-9-8-18-40(42)48(41)45-33(6)26-32(5)27-34(45)7;1-28-24-29(2)43(30(3)25-28)44-35-13-5-7-16-39(35)47(41-26-31(18-21-36(41)44)37-14-8-10-22-45-37)32-19-20-34-33-12-4-6-15-38(33)48(40(34)27-32)42-17-9-11-23-46-42;1-25-21-26(2)37(27(3)22-25)38-31-13-4-5-15-34(31)41(36-16-7-9-20-40-36)35-24-30(17-18-32(35)38)42-29-12-10-11-28(23-29)33-14-6-8-19-39-33;;;/h8-27,30-31H,1-7H3;4-25H,1-3H3;4-22H,1-3H3;;;/q3*-2;3*+2. The van der Waals surface area contributed by atoms with E-state index in [2.05, 4.69) is 362 Å². The number of ether oxygens (including phenoxy) is 2. The van der Waals surface area contributed by atoms with E-state index in [4.69, 9.17) is 34.4 Å². The van der Waals surface area contributed by atoms with E-state index in [1.165, 1.54) is 111 Å². The predicted octanol–water partition coefficient (Wildman–Crippen LogP) is 24.6. The summed E-state index contributed by atoms with van der Waals surface area (Å²) in [6.07, 6.45) is 13.1. The number of hydrogen-bond acceptors (Lipinski definition) is 11. The van der Waals surface area contributed by atoms with Gasteiger partial charge >= 0.3 is 63.2 Å². The molecule has 716 valence electrons. The summed E-state index contributed by atoms with van der Waals surface area (Å²) in [6.45, 7) is 29.0. The molecular formula is C127H102B3N11O2Pt3. The molecule has 0 spiro atoms. The van der Waals surface area contributed by atoms with Crippen LogP contribution >= 0.6 is 0 Å². The molecule has 0 atom stereocenters. The average Bonchev–Trinajstić information content (AvgIpc) is 1.15. The summed E-state index contributed by atoms with van der Waals surface area (Å²) in [6, 6.07) is 136. The van der Waals surface area contributed by atoms with Gasteiger partial charge in [-0.25, -0.2) is 15.0 Å². The third-order valence-electron chi connectivity index (χ3n) is 27.7. The van der Waals surface area contributed by atoms with Crippen LogP contribution in [0.2, 0.25) is 0 Å². The fourth-order valence-electron chi connectivity index (χ4n) is 22.0. The second-order valence-electron chi connectivity index (χ2n) is 38.1. The van der Waals surface area contributed by atoms with Crippen molar-refractivity contribution >= 4 is 143 Å². The summed E-state index contributed by atoms with van der Waals surface area (Å²) in [5.41, 5.74) is 40.2. The number of aromatic nitrogens is 8. The zero-order valence-corrected chi connectivity index (χ0v) is 90.1. The summed E-state index contributed by atoms with van der Waals surface area (Å²) >= 11 is 0. The fourth-order valence-corrected chi connectivity index (χ4v) is 22.0. The van der Waals surface area contributed by atoms with Gasteiger partial charge in [-0.15, -0.1) is 129 Å². The summed E-state index contributed by atoms with van der Waals surface area (Å²) < 4.78 is 17.5. The van der Waals surface area contributed by atoms with Crippen LogP contribution in [0.3, 0.4) is 0 Å². The number of pyridine rings is 5. The average molecular weight is 2430 g/mol. The van der Waals surface area contributed by atoms with Crippen molar-refractivity contribution in [1.82, 2.24) is 39.0 Å². The first-order valence-electron chi connectivity index (χ1n) is 49.0. The Morgan fingerprint density at radius 3 is 1.12 bits per heavy atom. The molecule has 24 rings (SSSR count). The molecule has 14 aromatic carbocycles. The molecule has 0 aliphatic carbocycles. The maximum absolute atomic E-state index is 6.63. The van der Waals surface area contributed by atoms with Gasteiger partial charge in [0.2, 0.25) is 0 Å². The molecule has 19 heteroatoms. The molecule has 0 amide bonds. The van der Waals surface area contributed by atoms with Crippen LogP contribution in [-0.2, 0) is 63.2 Å². The van der Waals surface area contributed by atoms with Crippen molar-refractivity contribution in [2.24, 2.45) is 0 Å². The number of rotatable bonds is 17. The van der Waals surface area contributed by atoms with Crippen LogP contribution < -0.4 is 73.3 Å². The maximum atomic E-state index is 6.63. The van der Waals surface area contributed by atoms with Crippen molar-refractivity contribution in [3.8, 4) is 68.4 Å². The van der Waals surface area contributed by atoms with Gasteiger partial charge in [-0.1, -0.05) is 315 Å². The zero-order chi connectivity index (χ0) is 97.8. The van der Waals surface area contributed by atoms with E-state index in [1.807, 2.05) is 158 Å². The Hall–Kier alpha value is -14.9. The van der Waals surface area contributed by atoms with Gasteiger partial charge in [0.05, 0.1) is 5.82 Å². The molecule has 3 aliphatic rings. The fraction of sp³-hybridized carbons (Fsp3) is 0.118. The summed E-state index contributed by atoms with van der Waals surface area (Å²) in [5.74, 6) is 6.47. The summed E-state index contributed by atoms with van der Waals surface area (Å²) in [5, 5.41) is 2.32. The number of imidazole rings is 1. The molecule has 3 aliphatic heterocycles. The molecule has 7 aromatic heterocycles. The van der Waals surface area contributed by atoms with Crippen LogP contribution in [0, 0.1) is 98.7 Å². The molecular weight excluding hydrogens is 2330 g/mol. The van der Waals surface area contributed by atoms with Gasteiger partial charge < -0.3 is 43.3 Å². The van der Waals surface area contributed by atoms with Gasteiger partial charge in [0.15, 0.2) is 20.1 Å². The Morgan fingerprint density at radius 1 is 0.288 bits per heavy atom. The molecule has 146 heavy (non-hydrogen) atoms. The molecule has 0 bridgehead atoms. The summed E-state index contributed by atoms with van der Waals surface area (Å²) in [7, 11) is 0. The Labute approximate surface area is 900 Å². The predicted molar refractivity (Wildman–Crippen MR) is 590 cm³/mol. The second kappa shape index (κ2) is 42.8. The van der Waals surface area contributed by atoms with Crippen molar-refractivity contribution in [3.63, 3.8) is 0 Å². The van der Waals surface area contributed by atoms with Crippen LogP contribution in [0.15, 0.2) is 371 Å². The van der Waals surface area contributed by atoms with Crippen LogP contribution in [0.25, 0.3) is 67.2 Å². The smallest absolute Gasteiger partial charge is 0.503 e. The van der Waals surface area contributed by atoms with Crippen molar-refractivity contribution in [1.29, 1.82) is 0 Å². The topological polar surface area (TPSA) is 115 Å². The van der Waals surface area contributed by atoms with Gasteiger partial charge in [0.1, 0.15) is 17.5 Å². The number of fused-ring (bicyclic) bond motifs is 9. The first kappa shape index (κ1) is 99.8. The minimum Gasteiger partial charge on any atom is -0.503 e. The number of anilines is 9. The minimum absolute atomic E-state index is 0. The molecule has 21 aromatic rings. The van der Waals surface area contributed by atoms with Crippen LogP contribution in [0.4, 0.5) is 51.4 Å². The van der Waals surface area contributed by atoms with E-state index in [0.29, 0.717) is 34.8 Å². The van der Waals surface area contributed by atoms with Crippen molar-refractivity contribution in [2.45, 2.75) is 102 Å². The van der Waals surface area contributed by atoms with Crippen LogP contribution in [0.5, 0.6) is 23.0 Å². The number of hydrogen-bond donors (Lipinski definition) is 0. The van der Waals surface area contributed by atoms with E-state index >= 15 is 0 Å². The molecule has 0 saturated carbocycles. The Bertz CT molecular complexity index is 8330. The van der Waals surface area contributed by atoms with E-state index < -0.39 is 0 Å². The van der Waals surface area contributed by atoms with Crippen molar-refractivity contribution in [2.75, 3.05) is 14.7 Å².